The average Bonchev–Trinajstić information content (AvgIpc) is 3.50. The van der Waals surface area contributed by atoms with E-state index in [1.54, 1.807) is 0 Å². The van der Waals surface area contributed by atoms with Gasteiger partial charge in [-0.2, -0.15) is 0 Å². The number of fused-ring (bicyclic) bond motifs is 3. The number of furan rings is 1. The summed E-state index contributed by atoms with van der Waals surface area (Å²) in [5.74, 6) is 0.962. The molecule has 1 aromatic heterocycles. The fourth-order valence-electron chi connectivity index (χ4n) is 6.11. The van der Waals surface area contributed by atoms with Crippen molar-refractivity contribution >= 4 is 34.1 Å². The monoisotopic (exact) mass is 566 g/mol. The van der Waals surface area contributed by atoms with Gasteiger partial charge >= 0.3 is 0 Å². The molecule has 0 unspecified atom stereocenters. The van der Waals surface area contributed by atoms with Gasteiger partial charge in [-0.1, -0.05) is 121 Å². The van der Waals surface area contributed by atoms with Gasteiger partial charge in [0.25, 0.3) is 0 Å². The highest BCUT2D eigenvalue weighted by molar-refractivity contribution is 6.00. The van der Waals surface area contributed by atoms with Crippen molar-refractivity contribution < 1.29 is 4.42 Å². The van der Waals surface area contributed by atoms with E-state index >= 15 is 0 Å². The maximum atomic E-state index is 6.52. The Morgan fingerprint density at radius 3 is 1.48 bits per heavy atom. The number of anilines is 3. The van der Waals surface area contributed by atoms with E-state index in [9.17, 15) is 0 Å². The van der Waals surface area contributed by atoms with Crippen molar-refractivity contribution in [3.63, 3.8) is 0 Å². The molecule has 210 valence electrons. The molecular formula is C41H30N2O. The SMILES string of the molecule is C1=Cc2c(oc3c(N(c4ccc(-c5ccccc5)cc4)c4ccc(-c5ccc(-c6ccccc6)cc5)cc4)cccc23)CN1. The zero-order chi connectivity index (χ0) is 29.3. The van der Waals surface area contributed by atoms with E-state index < -0.39 is 0 Å². The summed E-state index contributed by atoms with van der Waals surface area (Å²) < 4.78 is 6.52. The highest BCUT2D eigenvalue weighted by atomic mass is 16.3. The van der Waals surface area contributed by atoms with E-state index in [1.165, 1.54) is 33.4 Å². The molecule has 0 aliphatic carbocycles. The fourth-order valence-corrected chi connectivity index (χ4v) is 6.11. The Labute approximate surface area is 257 Å². The predicted molar refractivity (Wildman–Crippen MR) is 183 cm³/mol. The average molecular weight is 567 g/mol. The van der Waals surface area contributed by atoms with Gasteiger partial charge in [-0.3, -0.25) is 0 Å². The molecule has 0 atom stereocenters. The van der Waals surface area contributed by atoms with Crippen molar-refractivity contribution in [1.82, 2.24) is 5.32 Å². The van der Waals surface area contributed by atoms with Crippen molar-refractivity contribution in [1.29, 1.82) is 0 Å². The molecule has 7 aromatic rings. The zero-order valence-corrected chi connectivity index (χ0v) is 24.2. The lowest BCUT2D eigenvalue weighted by molar-refractivity contribution is 0.533. The van der Waals surface area contributed by atoms with Crippen molar-refractivity contribution in [3.8, 4) is 33.4 Å². The molecule has 0 spiro atoms. The second-order valence-electron chi connectivity index (χ2n) is 11.0. The van der Waals surface area contributed by atoms with E-state index in [1.807, 2.05) is 6.20 Å². The van der Waals surface area contributed by atoms with Crippen LogP contribution in [0.2, 0.25) is 0 Å². The van der Waals surface area contributed by atoms with Gasteiger partial charge in [0.05, 0.1) is 12.2 Å². The Hall–Kier alpha value is -5.80. The number of nitrogens with zero attached hydrogens (tertiary/aromatic N) is 1. The van der Waals surface area contributed by atoms with Crippen LogP contribution in [0, 0.1) is 0 Å². The largest absolute Gasteiger partial charge is 0.456 e. The van der Waals surface area contributed by atoms with Crippen LogP contribution in [0.3, 0.4) is 0 Å². The first-order chi connectivity index (χ1) is 21.8. The van der Waals surface area contributed by atoms with Crippen LogP contribution in [-0.2, 0) is 6.54 Å². The highest BCUT2D eigenvalue weighted by Crippen LogP contribution is 2.43. The van der Waals surface area contributed by atoms with Crippen molar-refractivity contribution in [3.05, 3.63) is 169 Å². The lowest BCUT2D eigenvalue weighted by atomic mass is 10.00. The minimum atomic E-state index is 0.684. The van der Waals surface area contributed by atoms with Crippen LogP contribution < -0.4 is 10.2 Å². The summed E-state index contributed by atoms with van der Waals surface area (Å²) in [6.45, 7) is 0.684. The summed E-state index contributed by atoms with van der Waals surface area (Å²) >= 11 is 0. The summed E-state index contributed by atoms with van der Waals surface area (Å²) in [6.07, 6.45) is 4.10. The van der Waals surface area contributed by atoms with E-state index in [2.05, 4.69) is 168 Å². The van der Waals surface area contributed by atoms with E-state index in [4.69, 9.17) is 4.42 Å². The number of nitrogens with one attached hydrogen (secondary N) is 1. The predicted octanol–water partition coefficient (Wildman–Crippen LogP) is 11.0. The number of hydrogen-bond donors (Lipinski definition) is 1. The molecule has 0 fully saturated rings. The molecule has 0 bridgehead atoms. The second-order valence-corrected chi connectivity index (χ2v) is 11.0. The number of benzene rings is 6. The first kappa shape index (κ1) is 25.9. The summed E-state index contributed by atoms with van der Waals surface area (Å²) in [7, 11) is 0. The first-order valence-corrected chi connectivity index (χ1v) is 15.0. The van der Waals surface area contributed by atoms with Gasteiger partial charge in [0.15, 0.2) is 5.58 Å². The lowest BCUT2D eigenvalue weighted by Gasteiger charge is -2.26. The molecular weight excluding hydrogens is 536 g/mol. The normalized spacial score (nSPS) is 12.1. The van der Waals surface area contributed by atoms with Gasteiger partial charge in [-0.15, -0.1) is 0 Å². The van der Waals surface area contributed by atoms with Gasteiger partial charge in [-0.05, 0) is 76.0 Å². The van der Waals surface area contributed by atoms with Gasteiger partial charge in [0, 0.05) is 22.3 Å². The number of para-hydroxylation sites is 1. The zero-order valence-electron chi connectivity index (χ0n) is 24.2. The first-order valence-electron chi connectivity index (χ1n) is 15.0. The van der Waals surface area contributed by atoms with Crippen LogP contribution in [0.1, 0.15) is 11.3 Å². The topological polar surface area (TPSA) is 28.4 Å². The molecule has 1 aliphatic heterocycles. The maximum absolute atomic E-state index is 6.52. The molecule has 0 saturated carbocycles. The van der Waals surface area contributed by atoms with Crippen LogP contribution >= 0.6 is 0 Å². The van der Waals surface area contributed by atoms with E-state index in [-0.39, 0.29) is 0 Å². The Kier molecular flexibility index (Phi) is 6.54. The summed E-state index contributed by atoms with van der Waals surface area (Å²) in [6, 6.07) is 53.8. The van der Waals surface area contributed by atoms with Crippen LogP contribution in [0.25, 0.3) is 50.4 Å². The third-order valence-electron chi connectivity index (χ3n) is 8.36. The fraction of sp³-hybridized carbons (Fsp3) is 0.0244. The second kappa shape index (κ2) is 11.1. The molecule has 3 nitrogen and oxygen atoms in total. The smallest absolute Gasteiger partial charge is 0.159 e. The minimum Gasteiger partial charge on any atom is -0.456 e. The molecule has 1 aliphatic rings. The number of hydrogen-bond acceptors (Lipinski definition) is 3. The standard InChI is InChI=1S/C41H30N2O/c1-3-8-29(9-4-1)31-14-16-32(17-15-31)34-20-24-36(25-21-34)43(35-22-18-33(19-23-35)30-10-5-2-6-11-30)39-13-7-12-38-37-26-27-42-28-40(37)44-41(38)39/h1-27,42H,28H2. The van der Waals surface area contributed by atoms with Crippen LogP contribution in [0.5, 0.6) is 0 Å². The van der Waals surface area contributed by atoms with Crippen LogP contribution in [0.15, 0.2) is 162 Å². The minimum absolute atomic E-state index is 0.684. The van der Waals surface area contributed by atoms with Gasteiger partial charge in [0.1, 0.15) is 5.76 Å². The van der Waals surface area contributed by atoms with Crippen LogP contribution in [-0.4, -0.2) is 0 Å². The molecule has 0 radical (unpaired) electrons. The lowest BCUT2D eigenvalue weighted by Crippen LogP contribution is -2.10. The molecule has 0 saturated heterocycles. The quantitative estimate of drug-likeness (QED) is 0.217. The molecule has 2 heterocycles. The third-order valence-corrected chi connectivity index (χ3v) is 8.36. The molecule has 44 heavy (non-hydrogen) atoms. The summed E-state index contributed by atoms with van der Waals surface area (Å²) in [5.41, 5.74) is 12.4. The molecule has 3 heteroatoms. The van der Waals surface area contributed by atoms with E-state index in [0.717, 1.165) is 39.4 Å². The molecule has 8 rings (SSSR count). The van der Waals surface area contributed by atoms with Crippen molar-refractivity contribution in [2.75, 3.05) is 4.90 Å². The molecule has 6 aromatic carbocycles. The van der Waals surface area contributed by atoms with Gasteiger partial charge in [0.2, 0.25) is 0 Å². The van der Waals surface area contributed by atoms with Gasteiger partial charge in [-0.25, -0.2) is 0 Å². The van der Waals surface area contributed by atoms with E-state index in [0.29, 0.717) is 6.54 Å². The van der Waals surface area contributed by atoms with Gasteiger partial charge < -0.3 is 14.6 Å². The van der Waals surface area contributed by atoms with Crippen LogP contribution in [0.4, 0.5) is 17.1 Å². The maximum Gasteiger partial charge on any atom is 0.159 e. The molecule has 0 amide bonds. The molecule has 1 N–H and O–H groups in total. The van der Waals surface area contributed by atoms with Crippen molar-refractivity contribution in [2.45, 2.75) is 6.54 Å². The highest BCUT2D eigenvalue weighted by Gasteiger charge is 2.22. The summed E-state index contributed by atoms with van der Waals surface area (Å²) in [5, 5.41) is 4.40. The Morgan fingerprint density at radius 2 is 0.955 bits per heavy atom. The van der Waals surface area contributed by atoms with Crippen molar-refractivity contribution in [2.24, 2.45) is 0 Å². The third kappa shape index (κ3) is 4.75. The Balaban J connectivity index is 1.20. The Morgan fingerprint density at radius 1 is 0.477 bits per heavy atom. The summed E-state index contributed by atoms with van der Waals surface area (Å²) in [4.78, 5) is 2.30. The number of rotatable bonds is 6. The Bertz CT molecular complexity index is 2070.